The lowest BCUT2D eigenvalue weighted by molar-refractivity contribution is 0.360. The molecule has 2 N–H and O–H groups in total. The Morgan fingerprint density at radius 1 is 1.28 bits per heavy atom. The van der Waals surface area contributed by atoms with Crippen molar-refractivity contribution in [2.45, 2.75) is 38.1 Å². The molecule has 94 valence electrons. The number of fused-ring (bicyclic) bond motifs is 1. The van der Waals surface area contributed by atoms with Gasteiger partial charge in [0, 0.05) is 12.6 Å². The van der Waals surface area contributed by atoms with E-state index in [1.807, 2.05) is 6.07 Å². The van der Waals surface area contributed by atoms with Crippen LogP contribution in [0.3, 0.4) is 0 Å². The highest BCUT2D eigenvalue weighted by atomic mass is 15.2. The van der Waals surface area contributed by atoms with Crippen molar-refractivity contribution in [1.82, 2.24) is 4.98 Å². The number of nitrogen functional groups attached to an aromatic ring is 1. The number of pyridine rings is 1. The molecule has 1 aliphatic heterocycles. The summed E-state index contributed by atoms with van der Waals surface area (Å²) in [4.78, 5) is 6.80. The molecule has 1 aliphatic carbocycles. The van der Waals surface area contributed by atoms with E-state index in [2.05, 4.69) is 16.0 Å². The predicted octanol–water partition coefficient (Wildman–Crippen LogP) is 2.30. The highest BCUT2D eigenvalue weighted by molar-refractivity contribution is 5.56. The lowest BCUT2D eigenvalue weighted by Crippen LogP contribution is -2.43. The fraction of sp³-hybridized carbons (Fsp3) is 0.571. The maximum absolute atomic E-state index is 9.02. The summed E-state index contributed by atoms with van der Waals surface area (Å²) in [6, 6.07) is 6.46. The fourth-order valence-corrected chi connectivity index (χ4v) is 3.45. The molecule has 2 atom stereocenters. The fourth-order valence-electron chi connectivity index (χ4n) is 3.45. The van der Waals surface area contributed by atoms with Gasteiger partial charge < -0.3 is 10.6 Å². The molecule has 0 bridgehead atoms. The molecule has 2 fully saturated rings. The Labute approximate surface area is 107 Å². The van der Waals surface area contributed by atoms with E-state index in [0.29, 0.717) is 17.4 Å². The molecule has 0 aromatic carbocycles. The van der Waals surface area contributed by atoms with E-state index in [-0.39, 0.29) is 0 Å². The molecule has 0 radical (unpaired) electrons. The van der Waals surface area contributed by atoms with Gasteiger partial charge in [-0.1, -0.05) is 6.42 Å². The molecular weight excluding hydrogens is 224 g/mol. The van der Waals surface area contributed by atoms with Gasteiger partial charge in [0.1, 0.15) is 11.9 Å². The van der Waals surface area contributed by atoms with E-state index in [1.54, 1.807) is 6.07 Å². The molecule has 0 spiro atoms. The molecule has 1 saturated heterocycles. The van der Waals surface area contributed by atoms with Crippen LogP contribution in [0.1, 0.15) is 37.8 Å². The third-order valence-corrected chi connectivity index (χ3v) is 4.31. The number of aromatic nitrogens is 1. The lowest BCUT2D eigenvalue weighted by atomic mass is 9.92. The zero-order valence-corrected chi connectivity index (χ0v) is 10.5. The number of nitrogens with two attached hydrogens (primary N) is 1. The van der Waals surface area contributed by atoms with Crippen LogP contribution in [-0.2, 0) is 0 Å². The maximum atomic E-state index is 9.02. The van der Waals surface area contributed by atoms with Crippen molar-refractivity contribution in [3.05, 3.63) is 17.8 Å². The Balaban J connectivity index is 1.92. The van der Waals surface area contributed by atoms with Gasteiger partial charge in [0.25, 0.3) is 0 Å². The number of anilines is 2. The standard InChI is InChI=1S/C14H18N4/c15-9-12-11(16)6-7-14(17-12)18-8-2-4-10-3-1-5-13(10)18/h6-7,10,13H,1-5,8,16H2. The lowest BCUT2D eigenvalue weighted by Gasteiger charge is -2.38. The van der Waals surface area contributed by atoms with Crippen LogP contribution in [0.2, 0.25) is 0 Å². The number of hydrogen-bond donors (Lipinski definition) is 1. The molecule has 2 heterocycles. The summed E-state index contributed by atoms with van der Waals surface area (Å²) in [5.41, 5.74) is 6.56. The summed E-state index contributed by atoms with van der Waals surface area (Å²) < 4.78 is 0. The second-order valence-corrected chi connectivity index (χ2v) is 5.31. The Bertz CT molecular complexity index is 491. The minimum Gasteiger partial charge on any atom is -0.396 e. The van der Waals surface area contributed by atoms with Gasteiger partial charge in [0.2, 0.25) is 0 Å². The van der Waals surface area contributed by atoms with Gasteiger partial charge in [0.05, 0.1) is 5.69 Å². The third kappa shape index (κ3) is 1.80. The summed E-state index contributed by atoms with van der Waals surface area (Å²) in [5.74, 6) is 1.75. The molecule has 2 unspecified atom stereocenters. The average molecular weight is 242 g/mol. The smallest absolute Gasteiger partial charge is 0.165 e. The molecule has 1 aromatic rings. The second kappa shape index (κ2) is 4.49. The predicted molar refractivity (Wildman–Crippen MR) is 71.1 cm³/mol. The molecule has 2 aliphatic rings. The van der Waals surface area contributed by atoms with E-state index < -0.39 is 0 Å². The molecule has 4 nitrogen and oxygen atoms in total. The van der Waals surface area contributed by atoms with Crippen LogP contribution >= 0.6 is 0 Å². The van der Waals surface area contributed by atoms with Crippen molar-refractivity contribution in [3.63, 3.8) is 0 Å². The van der Waals surface area contributed by atoms with Crippen LogP contribution in [0.15, 0.2) is 12.1 Å². The molecule has 18 heavy (non-hydrogen) atoms. The SMILES string of the molecule is N#Cc1nc(N2CCCC3CCCC32)ccc1N. The van der Waals surface area contributed by atoms with E-state index in [1.165, 1.54) is 32.1 Å². The van der Waals surface area contributed by atoms with E-state index >= 15 is 0 Å². The minimum atomic E-state index is 0.354. The molecule has 3 rings (SSSR count). The summed E-state index contributed by atoms with van der Waals surface area (Å²) in [6.45, 7) is 1.06. The van der Waals surface area contributed by atoms with Crippen molar-refractivity contribution in [2.24, 2.45) is 5.92 Å². The highest BCUT2D eigenvalue weighted by Gasteiger charge is 2.35. The Kier molecular flexibility index (Phi) is 2.83. The topological polar surface area (TPSA) is 65.9 Å². The Morgan fingerprint density at radius 2 is 2.11 bits per heavy atom. The first kappa shape index (κ1) is 11.3. The first-order chi connectivity index (χ1) is 8.79. The zero-order valence-electron chi connectivity index (χ0n) is 10.5. The molecule has 1 aromatic heterocycles. The average Bonchev–Trinajstić information content (AvgIpc) is 2.87. The first-order valence-corrected chi connectivity index (χ1v) is 6.73. The van der Waals surface area contributed by atoms with Crippen LogP contribution in [0, 0.1) is 17.2 Å². The Morgan fingerprint density at radius 3 is 2.94 bits per heavy atom. The van der Waals surface area contributed by atoms with Gasteiger partial charge >= 0.3 is 0 Å². The van der Waals surface area contributed by atoms with Gasteiger partial charge in [-0.15, -0.1) is 0 Å². The van der Waals surface area contributed by atoms with E-state index in [0.717, 1.165) is 18.3 Å². The summed E-state index contributed by atoms with van der Waals surface area (Å²) >= 11 is 0. The molecule has 1 saturated carbocycles. The third-order valence-electron chi connectivity index (χ3n) is 4.31. The van der Waals surface area contributed by atoms with Gasteiger partial charge in [-0.3, -0.25) is 0 Å². The van der Waals surface area contributed by atoms with Gasteiger partial charge in [-0.2, -0.15) is 5.26 Å². The van der Waals surface area contributed by atoms with Crippen molar-refractivity contribution < 1.29 is 0 Å². The molecule has 0 amide bonds. The van der Waals surface area contributed by atoms with Gasteiger partial charge in [-0.05, 0) is 43.7 Å². The van der Waals surface area contributed by atoms with Crippen LogP contribution in [0.25, 0.3) is 0 Å². The number of nitrogens with zero attached hydrogens (tertiary/aromatic N) is 3. The van der Waals surface area contributed by atoms with Crippen LogP contribution < -0.4 is 10.6 Å². The van der Waals surface area contributed by atoms with Gasteiger partial charge in [0.15, 0.2) is 5.69 Å². The molecule has 4 heteroatoms. The van der Waals surface area contributed by atoms with Crippen molar-refractivity contribution in [1.29, 1.82) is 5.26 Å². The van der Waals surface area contributed by atoms with Crippen LogP contribution in [-0.4, -0.2) is 17.6 Å². The monoisotopic (exact) mass is 242 g/mol. The zero-order chi connectivity index (χ0) is 12.5. The number of rotatable bonds is 1. The second-order valence-electron chi connectivity index (χ2n) is 5.31. The number of piperidine rings is 1. The number of hydrogen-bond acceptors (Lipinski definition) is 4. The van der Waals surface area contributed by atoms with Crippen LogP contribution in [0.4, 0.5) is 11.5 Å². The van der Waals surface area contributed by atoms with Crippen molar-refractivity contribution in [3.8, 4) is 6.07 Å². The van der Waals surface area contributed by atoms with Crippen LogP contribution in [0.5, 0.6) is 0 Å². The minimum absolute atomic E-state index is 0.354. The Hall–Kier alpha value is -1.76. The largest absolute Gasteiger partial charge is 0.396 e. The molecular formula is C14H18N4. The first-order valence-electron chi connectivity index (χ1n) is 6.73. The quantitative estimate of drug-likeness (QED) is 0.820. The van der Waals surface area contributed by atoms with Crippen molar-refractivity contribution >= 4 is 11.5 Å². The highest BCUT2D eigenvalue weighted by Crippen LogP contribution is 2.38. The van der Waals surface area contributed by atoms with Gasteiger partial charge in [-0.25, -0.2) is 4.98 Å². The summed E-state index contributed by atoms with van der Waals surface area (Å²) in [7, 11) is 0. The van der Waals surface area contributed by atoms with E-state index in [4.69, 9.17) is 11.0 Å². The summed E-state index contributed by atoms with van der Waals surface area (Å²) in [6.07, 6.45) is 6.52. The summed E-state index contributed by atoms with van der Waals surface area (Å²) in [5, 5.41) is 9.02. The normalized spacial score (nSPS) is 26.7. The van der Waals surface area contributed by atoms with Crippen molar-refractivity contribution in [2.75, 3.05) is 17.2 Å². The van der Waals surface area contributed by atoms with E-state index in [9.17, 15) is 0 Å². The number of nitriles is 1. The maximum Gasteiger partial charge on any atom is 0.165 e.